The highest BCUT2D eigenvalue weighted by atomic mass is 127. The Labute approximate surface area is 209 Å². The summed E-state index contributed by atoms with van der Waals surface area (Å²) in [4.78, 5) is 7.34. The third kappa shape index (κ3) is 8.68. The van der Waals surface area contributed by atoms with Crippen LogP contribution in [0.5, 0.6) is 0 Å². The monoisotopic (exact) mass is 564 g/mol. The van der Waals surface area contributed by atoms with Crippen molar-refractivity contribution >= 4 is 41.5 Å². The summed E-state index contributed by atoms with van der Waals surface area (Å²) in [5, 5.41) is 7.55. The maximum Gasteiger partial charge on any atom is 0.191 e. The molecule has 0 amide bonds. The number of aliphatic imine (C=N–C) groups is 1. The lowest BCUT2D eigenvalue weighted by molar-refractivity contribution is 0.0191. The minimum absolute atomic E-state index is 0. The molecule has 31 heavy (non-hydrogen) atoms. The van der Waals surface area contributed by atoms with Crippen LogP contribution in [0.15, 0.2) is 29.3 Å². The average molecular weight is 565 g/mol. The van der Waals surface area contributed by atoms with Crippen LogP contribution < -0.4 is 10.6 Å². The summed E-state index contributed by atoms with van der Waals surface area (Å²) in [6.07, 6.45) is 4.92. The molecule has 2 aliphatic heterocycles. The number of benzene rings is 1. The number of hydrogen-bond acceptors (Lipinski definition) is 4. The molecule has 3 unspecified atom stereocenters. The van der Waals surface area contributed by atoms with Gasteiger partial charge in [0.2, 0.25) is 0 Å². The van der Waals surface area contributed by atoms with Crippen LogP contribution in [-0.2, 0) is 9.47 Å². The van der Waals surface area contributed by atoms with Gasteiger partial charge >= 0.3 is 0 Å². The Morgan fingerprint density at radius 2 is 2.16 bits per heavy atom. The first-order valence-corrected chi connectivity index (χ1v) is 11.7. The maximum absolute atomic E-state index is 6.27. The van der Waals surface area contributed by atoms with Crippen molar-refractivity contribution in [3.05, 3.63) is 34.9 Å². The van der Waals surface area contributed by atoms with Crippen molar-refractivity contribution in [3.63, 3.8) is 0 Å². The predicted molar refractivity (Wildman–Crippen MR) is 139 cm³/mol. The van der Waals surface area contributed by atoms with Gasteiger partial charge in [0.15, 0.2) is 5.96 Å². The summed E-state index contributed by atoms with van der Waals surface area (Å²) in [6.45, 7) is 7.77. The van der Waals surface area contributed by atoms with Crippen molar-refractivity contribution in [2.45, 2.75) is 44.8 Å². The number of nitrogens with one attached hydrogen (secondary N) is 2. The summed E-state index contributed by atoms with van der Waals surface area (Å²) in [5.41, 5.74) is 1.28. The van der Waals surface area contributed by atoms with Crippen molar-refractivity contribution in [2.75, 3.05) is 53.0 Å². The smallest absolute Gasteiger partial charge is 0.191 e. The Morgan fingerprint density at radius 3 is 2.90 bits per heavy atom. The molecule has 176 valence electrons. The lowest BCUT2D eigenvalue weighted by Crippen LogP contribution is -2.41. The van der Waals surface area contributed by atoms with Crippen molar-refractivity contribution in [3.8, 4) is 0 Å². The van der Waals surface area contributed by atoms with E-state index in [2.05, 4.69) is 41.6 Å². The average Bonchev–Trinajstić information content (AvgIpc) is 3.25. The highest BCUT2D eigenvalue weighted by Crippen LogP contribution is 2.36. The molecule has 1 aromatic carbocycles. The normalized spacial score (nSPS) is 24.6. The van der Waals surface area contributed by atoms with Gasteiger partial charge in [-0.05, 0) is 69.8 Å². The molecular weight excluding hydrogens is 527 g/mol. The highest BCUT2D eigenvalue weighted by molar-refractivity contribution is 14.0. The van der Waals surface area contributed by atoms with Gasteiger partial charge < -0.3 is 20.1 Å². The quantitative estimate of drug-likeness (QED) is 0.205. The molecule has 0 aliphatic carbocycles. The Kier molecular flexibility index (Phi) is 12.5. The Bertz CT molecular complexity index is 673. The molecule has 0 bridgehead atoms. The second kappa shape index (κ2) is 14.5. The van der Waals surface area contributed by atoms with E-state index in [0.29, 0.717) is 25.2 Å². The molecule has 3 rings (SSSR count). The van der Waals surface area contributed by atoms with Gasteiger partial charge in [0, 0.05) is 37.3 Å². The first-order chi connectivity index (χ1) is 14.7. The molecule has 0 spiro atoms. The van der Waals surface area contributed by atoms with Crippen molar-refractivity contribution < 1.29 is 9.47 Å². The van der Waals surface area contributed by atoms with Crippen LogP contribution in [-0.4, -0.2) is 70.0 Å². The number of guanidine groups is 1. The predicted octanol–water partition coefficient (Wildman–Crippen LogP) is 4.09. The zero-order valence-electron chi connectivity index (χ0n) is 18.8. The van der Waals surface area contributed by atoms with Crippen LogP contribution in [0.4, 0.5) is 0 Å². The van der Waals surface area contributed by atoms with Gasteiger partial charge in [-0.3, -0.25) is 9.89 Å². The number of rotatable bonds is 9. The lowest BCUT2D eigenvalue weighted by atomic mass is 9.85. The number of ether oxygens (including phenoxy) is 2. The largest absolute Gasteiger partial charge is 0.377 e. The minimum atomic E-state index is 0. The first kappa shape index (κ1) is 26.6. The van der Waals surface area contributed by atoms with E-state index in [1.54, 1.807) is 0 Å². The molecule has 2 fully saturated rings. The highest BCUT2D eigenvalue weighted by Gasteiger charge is 2.30. The van der Waals surface area contributed by atoms with Crippen molar-refractivity contribution in [2.24, 2.45) is 10.9 Å². The third-order valence-corrected chi connectivity index (χ3v) is 6.13. The molecule has 6 nitrogen and oxygen atoms in total. The zero-order chi connectivity index (χ0) is 21.2. The van der Waals surface area contributed by atoms with E-state index in [1.165, 1.54) is 18.4 Å². The summed E-state index contributed by atoms with van der Waals surface area (Å²) in [6, 6.07) is 8.61. The summed E-state index contributed by atoms with van der Waals surface area (Å²) >= 11 is 6.27. The lowest BCUT2D eigenvalue weighted by Gasteiger charge is -2.39. The molecule has 0 aromatic heterocycles. The van der Waals surface area contributed by atoms with E-state index >= 15 is 0 Å². The number of nitrogens with zero attached hydrogens (tertiary/aromatic N) is 2. The molecule has 2 saturated heterocycles. The van der Waals surface area contributed by atoms with E-state index in [-0.39, 0.29) is 30.1 Å². The van der Waals surface area contributed by atoms with Crippen LogP contribution >= 0.6 is 35.6 Å². The molecule has 8 heteroatoms. The van der Waals surface area contributed by atoms with Crippen LogP contribution in [0.3, 0.4) is 0 Å². The standard InChI is InChI=1S/C23H37ClN4O2.HI/c1-3-25-23(26-11-14-29-17-21-10-6-13-30-21)27-16-19-8-5-12-28(2)22(19)18-7-4-9-20(24)15-18;/h4,7,9,15,19,21-22H,3,5-6,8,10-14,16-17H2,1-2H3,(H2,25,26,27);1H. The number of hydrogen-bond donors (Lipinski definition) is 2. The zero-order valence-corrected chi connectivity index (χ0v) is 21.9. The van der Waals surface area contributed by atoms with E-state index in [1.807, 2.05) is 12.1 Å². The van der Waals surface area contributed by atoms with Gasteiger partial charge in [0.05, 0.1) is 19.3 Å². The first-order valence-electron chi connectivity index (χ1n) is 11.3. The summed E-state index contributed by atoms with van der Waals surface area (Å²) in [5.74, 6) is 1.32. The molecule has 0 radical (unpaired) electrons. The van der Waals surface area contributed by atoms with E-state index in [4.69, 9.17) is 26.1 Å². The van der Waals surface area contributed by atoms with Crippen LogP contribution in [0, 0.1) is 5.92 Å². The molecule has 2 aliphatic rings. The van der Waals surface area contributed by atoms with Gasteiger partial charge in [0.25, 0.3) is 0 Å². The van der Waals surface area contributed by atoms with Crippen LogP contribution in [0.1, 0.15) is 44.2 Å². The van der Waals surface area contributed by atoms with E-state index in [9.17, 15) is 0 Å². The van der Waals surface area contributed by atoms with Gasteiger partial charge in [-0.1, -0.05) is 23.7 Å². The number of piperidine rings is 1. The van der Waals surface area contributed by atoms with Gasteiger partial charge in [-0.25, -0.2) is 0 Å². The van der Waals surface area contributed by atoms with Gasteiger partial charge in [0.1, 0.15) is 0 Å². The summed E-state index contributed by atoms with van der Waals surface area (Å²) < 4.78 is 11.3. The van der Waals surface area contributed by atoms with Crippen LogP contribution in [0.2, 0.25) is 5.02 Å². The Hall–Kier alpha value is -0.610. The fourth-order valence-electron chi connectivity index (χ4n) is 4.45. The Morgan fingerprint density at radius 1 is 1.29 bits per heavy atom. The summed E-state index contributed by atoms with van der Waals surface area (Å²) in [7, 11) is 2.20. The Balaban J connectivity index is 0.00000341. The molecule has 2 heterocycles. The fraction of sp³-hybridized carbons (Fsp3) is 0.696. The molecular formula is C23H38ClIN4O2. The van der Waals surface area contributed by atoms with Gasteiger partial charge in [-0.15, -0.1) is 24.0 Å². The topological polar surface area (TPSA) is 58.1 Å². The molecule has 2 N–H and O–H groups in total. The SMILES string of the molecule is CCNC(=NCC1CCCN(C)C1c1cccc(Cl)c1)NCCOCC1CCCO1.I. The number of likely N-dealkylation sites (tertiary alicyclic amines) is 1. The van der Waals surface area contributed by atoms with Gasteiger partial charge in [-0.2, -0.15) is 0 Å². The second-order valence-electron chi connectivity index (χ2n) is 8.24. The molecule has 3 atom stereocenters. The molecule has 0 saturated carbocycles. The van der Waals surface area contributed by atoms with E-state index < -0.39 is 0 Å². The maximum atomic E-state index is 6.27. The number of halogens is 2. The van der Waals surface area contributed by atoms with Crippen LogP contribution in [0.25, 0.3) is 0 Å². The molecule has 1 aromatic rings. The van der Waals surface area contributed by atoms with Crippen molar-refractivity contribution in [1.29, 1.82) is 0 Å². The fourth-order valence-corrected chi connectivity index (χ4v) is 4.65. The van der Waals surface area contributed by atoms with Crippen molar-refractivity contribution in [1.82, 2.24) is 15.5 Å². The third-order valence-electron chi connectivity index (χ3n) is 5.89. The second-order valence-corrected chi connectivity index (χ2v) is 8.68. The van der Waals surface area contributed by atoms with E-state index in [0.717, 1.165) is 56.6 Å². The minimum Gasteiger partial charge on any atom is -0.377 e.